The van der Waals surface area contributed by atoms with E-state index < -0.39 is 5.82 Å². The van der Waals surface area contributed by atoms with E-state index in [1.54, 1.807) is 30.1 Å². The minimum Gasteiger partial charge on any atom is -0.489 e. The molecule has 5 heteroatoms. The number of halogens is 1. The van der Waals surface area contributed by atoms with E-state index in [0.717, 1.165) is 21.7 Å². The van der Waals surface area contributed by atoms with E-state index in [0.29, 0.717) is 12.2 Å². The Kier molecular flexibility index (Phi) is 4.50. The lowest BCUT2D eigenvalue weighted by Crippen LogP contribution is -2.31. The Morgan fingerprint density at radius 3 is 2.67 bits per heavy atom. The Hall–Kier alpha value is -3.34. The largest absolute Gasteiger partial charge is 0.489 e. The summed E-state index contributed by atoms with van der Waals surface area (Å²) in [5.74, 6) is -0.350. The molecule has 27 heavy (non-hydrogen) atoms. The first-order valence-electron chi connectivity index (χ1n) is 8.77. The molecule has 0 radical (unpaired) electrons. The average molecular weight is 362 g/mol. The maximum Gasteiger partial charge on any atom is 0.270 e. The number of H-pyrrole nitrogens is 1. The number of nitrogens with zero attached hydrogens (tertiary/aromatic N) is 1. The zero-order valence-corrected chi connectivity index (χ0v) is 14.9. The van der Waals surface area contributed by atoms with Gasteiger partial charge in [-0.3, -0.25) is 4.79 Å². The van der Waals surface area contributed by atoms with Gasteiger partial charge in [0.2, 0.25) is 0 Å². The van der Waals surface area contributed by atoms with Crippen molar-refractivity contribution in [3.63, 3.8) is 0 Å². The number of likely N-dealkylation sites (N-methyl/N-ethyl adjacent to an activating group) is 1. The molecule has 0 saturated heterocycles. The maximum absolute atomic E-state index is 13.6. The summed E-state index contributed by atoms with van der Waals surface area (Å²) in [6.45, 7) is 0.565. The highest BCUT2D eigenvalue weighted by Gasteiger charge is 2.15. The van der Waals surface area contributed by atoms with Crippen molar-refractivity contribution in [3.05, 3.63) is 78.2 Å². The lowest BCUT2D eigenvalue weighted by Gasteiger charge is -2.16. The molecule has 0 bridgehead atoms. The second-order valence-corrected chi connectivity index (χ2v) is 6.44. The lowest BCUT2D eigenvalue weighted by molar-refractivity contribution is 0.0768. The van der Waals surface area contributed by atoms with Gasteiger partial charge >= 0.3 is 0 Å². The normalized spacial score (nSPS) is 11.0. The number of hydrogen-bond donors (Lipinski definition) is 1. The predicted octanol–water partition coefficient (Wildman–Crippen LogP) is 4.61. The first-order valence-corrected chi connectivity index (χ1v) is 8.77. The van der Waals surface area contributed by atoms with Gasteiger partial charge in [-0.05, 0) is 35.0 Å². The van der Waals surface area contributed by atoms with Crippen LogP contribution in [0.4, 0.5) is 4.39 Å². The molecular formula is C22H19FN2O2. The SMILES string of the molecule is CN(CCOc1ccccc1F)C(=O)c1cc2c(ccc3ccccc32)[nH]1. The summed E-state index contributed by atoms with van der Waals surface area (Å²) < 4.78 is 19.0. The van der Waals surface area contributed by atoms with Gasteiger partial charge < -0.3 is 14.6 Å². The van der Waals surface area contributed by atoms with Gasteiger partial charge in [0.1, 0.15) is 12.3 Å². The van der Waals surface area contributed by atoms with E-state index in [1.165, 1.54) is 6.07 Å². The van der Waals surface area contributed by atoms with Gasteiger partial charge in [0.15, 0.2) is 11.6 Å². The van der Waals surface area contributed by atoms with Gasteiger partial charge in [-0.15, -0.1) is 0 Å². The van der Waals surface area contributed by atoms with Gasteiger partial charge in [-0.2, -0.15) is 0 Å². The molecule has 0 atom stereocenters. The van der Waals surface area contributed by atoms with E-state index in [1.807, 2.05) is 36.4 Å². The zero-order chi connectivity index (χ0) is 18.8. The van der Waals surface area contributed by atoms with Crippen LogP contribution in [0.25, 0.3) is 21.7 Å². The summed E-state index contributed by atoms with van der Waals surface area (Å²) in [7, 11) is 1.71. The van der Waals surface area contributed by atoms with Crippen molar-refractivity contribution < 1.29 is 13.9 Å². The number of hydrogen-bond acceptors (Lipinski definition) is 2. The van der Waals surface area contributed by atoms with Crippen molar-refractivity contribution in [1.29, 1.82) is 0 Å². The lowest BCUT2D eigenvalue weighted by atomic mass is 10.1. The molecule has 4 nitrogen and oxygen atoms in total. The highest BCUT2D eigenvalue weighted by Crippen LogP contribution is 2.26. The molecule has 0 spiro atoms. The predicted molar refractivity (Wildman–Crippen MR) is 105 cm³/mol. The quantitative estimate of drug-likeness (QED) is 0.563. The summed E-state index contributed by atoms with van der Waals surface area (Å²) in [4.78, 5) is 17.5. The third kappa shape index (κ3) is 3.36. The molecular weight excluding hydrogens is 343 g/mol. The average Bonchev–Trinajstić information content (AvgIpc) is 3.13. The van der Waals surface area contributed by atoms with Crippen molar-refractivity contribution in [2.24, 2.45) is 0 Å². The Balaban J connectivity index is 1.48. The van der Waals surface area contributed by atoms with Crippen LogP contribution < -0.4 is 4.74 Å². The fourth-order valence-corrected chi connectivity index (χ4v) is 3.16. The minimum absolute atomic E-state index is 0.132. The van der Waals surface area contributed by atoms with Crippen molar-refractivity contribution in [2.75, 3.05) is 20.2 Å². The molecule has 1 N–H and O–H groups in total. The van der Waals surface area contributed by atoms with Gasteiger partial charge in [0.25, 0.3) is 5.91 Å². The van der Waals surface area contributed by atoms with Crippen molar-refractivity contribution in [1.82, 2.24) is 9.88 Å². The van der Waals surface area contributed by atoms with Crippen LogP contribution in [0.1, 0.15) is 10.5 Å². The number of para-hydroxylation sites is 1. The summed E-state index contributed by atoms with van der Waals surface area (Å²) in [6.07, 6.45) is 0. The number of amides is 1. The molecule has 1 aromatic heterocycles. The van der Waals surface area contributed by atoms with Crippen LogP contribution in [0, 0.1) is 5.82 Å². The summed E-state index contributed by atoms with van der Waals surface area (Å²) in [5, 5.41) is 3.26. The number of aromatic nitrogens is 1. The molecule has 0 saturated carbocycles. The molecule has 0 fully saturated rings. The highest BCUT2D eigenvalue weighted by molar-refractivity contribution is 6.09. The summed E-state index contributed by atoms with van der Waals surface area (Å²) >= 11 is 0. The molecule has 1 heterocycles. The Bertz CT molecular complexity index is 1120. The smallest absolute Gasteiger partial charge is 0.270 e. The third-order valence-corrected chi connectivity index (χ3v) is 4.63. The van der Waals surface area contributed by atoms with Gasteiger partial charge in [0.05, 0.1) is 6.54 Å². The first-order chi connectivity index (χ1) is 13.1. The van der Waals surface area contributed by atoms with Crippen LogP contribution in [-0.4, -0.2) is 36.0 Å². The number of aromatic amines is 1. The van der Waals surface area contributed by atoms with Crippen molar-refractivity contribution >= 4 is 27.6 Å². The number of ether oxygens (including phenoxy) is 1. The maximum atomic E-state index is 13.6. The molecule has 0 aliphatic heterocycles. The standard InChI is InChI=1S/C22H19FN2O2/c1-25(12-13-27-21-9-5-4-8-18(21)23)22(26)20-14-17-16-7-3-2-6-15(16)10-11-19(17)24-20/h2-11,14,24H,12-13H2,1H3. The molecule has 0 unspecified atom stereocenters. The second kappa shape index (κ2) is 7.11. The van der Waals surface area contributed by atoms with E-state index in [2.05, 4.69) is 11.1 Å². The van der Waals surface area contributed by atoms with E-state index in [-0.39, 0.29) is 18.3 Å². The van der Waals surface area contributed by atoms with Gasteiger partial charge in [-0.25, -0.2) is 4.39 Å². The summed E-state index contributed by atoms with van der Waals surface area (Å²) in [5.41, 5.74) is 1.45. The number of carbonyl (C=O) groups excluding carboxylic acids is 1. The minimum atomic E-state index is -0.408. The van der Waals surface area contributed by atoms with Gasteiger partial charge in [0, 0.05) is 18.0 Å². The van der Waals surface area contributed by atoms with Crippen LogP contribution in [0.2, 0.25) is 0 Å². The van der Waals surface area contributed by atoms with Crippen molar-refractivity contribution in [2.45, 2.75) is 0 Å². The fourth-order valence-electron chi connectivity index (χ4n) is 3.16. The van der Waals surface area contributed by atoms with Gasteiger partial charge in [-0.1, -0.05) is 42.5 Å². The van der Waals surface area contributed by atoms with Crippen LogP contribution in [0.5, 0.6) is 5.75 Å². The van der Waals surface area contributed by atoms with E-state index in [9.17, 15) is 9.18 Å². The number of carbonyl (C=O) groups is 1. The number of nitrogens with one attached hydrogen (secondary N) is 1. The molecule has 0 aliphatic carbocycles. The van der Waals surface area contributed by atoms with Crippen LogP contribution >= 0.6 is 0 Å². The van der Waals surface area contributed by atoms with Crippen LogP contribution in [-0.2, 0) is 0 Å². The number of fused-ring (bicyclic) bond motifs is 3. The molecule has 3 aromatic carbocycles. The Labute approximate surface area is 156 Å². The monoisotopic (exact) mass is 362 g/mol. The number of rotatable bonds is 5. The fraction of sp³-hybridized carbons (Fsp3) is 0.136. The molecule has 4 aromatic rings. The second-order valence-electron chi connectivity index (χ2n) is 6.44. The topological polar surface area (TPSA) is 45.3 Å². The van der Waals surface area contributed by atoms with E-state index in [4.69, 9.17) is 4.74 Å². The Morgan fingerprint density at radius 2 is 1.81 bits per heavy atom. The van der Waals surface area contributed by atoms with Crippen LogP contribution in [0.15, 0.2) is 66.7 Å². The molecule has 136 valence electrons. The van der Waals surface area contributed by atoms with Crippen LogP contribution in [0.3, 0.4) is 0 Å². The zero-order valence-electron chi connectivity index (χ0n) is 14.9. The number of benzene rings is 3. The third-order valence-electron chi connectivity index (χ3n) is 4.63. The van der Waals surface area contributed by atoms with E-state index >= 15 is 0 Å². The molecule has 1 amide bonds. The molecule has 4 rings (SSSR count). The van der Waals surface area contributed by atoms with Crippen molar-refractivity contribution in [3.8, 4) is 5.75 Å². The Morgan fingerprint density at radius 1 is 1.04 bits per heavy atom. The molecule has 0 aliphatic rings. The summed E-state index contributed by atoms with van der Waals surface area (Å²) in [6, 6.07) is 20.2. The first kappa shape index (κ1) is 17.1. The highest BCUT2D eigenvalue weighted by atomic mass is 19.1.